The van der Waals surface area contributed by atoms with Gasteiger partial charge >= 0.3 is 0 Å². The molecule has 1 fully saturated rings. The van der Waals surface area contributed by atoms with E-state index in [4.69, 9.17) is 5.84 Å². The van der Waals surface area contributed by atoms with Gasteiger partial charge in [-0.2, -0.15) is 4.31 Å². The van der Waals surface area contributed by atoms with E-state index >= 15 is 0 Å². The van der Waals surface area contributed by atoms with E-state index < -0.39 is 10.0 Å². The van der Waals surface area contributed by atoms with Crippen molar-refractivity contribution >= 4 is 33.5 Å². The number of nitrogen functional groups attached to an aromatic ring is 1. The Labute approximate surface area is 170 Å². The number of hydrazine groups is 1. The molecule has 3 rings (SSSR count). The number of carbonyl (C=O) groups excluding carboxylic acids is 1. The normalized spacial score (nSPS) is 15.6. The number of rotatable bonds is 7. The minimum Gasteiger partial charge on any atom is -0.353 e. The molecule has 1 saturated heterocycles. The molecule has 10 heteroatoms. The largest absolute Gasteiger partial charge is 0.353 e. The van der Waals surface area contributed by atoms with Gasteiger partial charge in [0, 0.05) is 26.2 Å². The second-order valence-electron chi connectivity index (χ2n) is 6.46. The van der Waals surface area contributed by atoms with Crippen molar-refractivity contribution in [2.45, 2.75) is 6.92 Å². The van der Waals surface area contributed by atoms with Gasteiger partial charge in [-0.25, -0.2) is 24.2 Å². The summed E-state index contributed by atoms with van der Waals surface area (Å²) in [6, 6.07) is 9.44. The van der Waals surface area contributed by atoms with Gasteiger partial charge in [0.1, 0.15) is 5.82 Å². The average Bonchev–Trinajstić information content (AvgIpc) is 2.77. The number of hydrogen-bond acceptors (Lipinski definition) is 8. The van der Waals surface area contributed by atoms with Crippen LogP contribution in [0.3, 0.4) is 0 Å². The third-order valence-corrected chi connectivity index (χ3v) is 6.56. The van der Waals surface area contributed by atoms with E-state index in [0.717, 1.165) is 5.56 Å². The number of piperazine rings is 1. The molecular formula is C19H24N6O3S. The zero-order valence-electron chi connectivity index (χ0n) is 16.2. The van der Waals surface area contributed by atoms with Crippen LogP contribution >= 0.6 is 0 Å². The van der Waals surface area contributed by atoms with E-state index in [1.807, 2.05) is 35.2 Å². The topological polar surface area (TPSA) is 122 Å². The minimum atomic E-state index is -3.21. The third kappa shape index (κ3) is 4.97. The Hall–Kier alpha value is -2.82. The number of allylic oxidation sites excluding steroid dienone is 1. The number of nitrogens with one attached hydrogen (secondary N) is 1. The molecule has 0 saturated carbocycles. The zero-order valence-corrected chi connectivity index (χ0v) is 17.0. The Balaban J connectivity index is 1.77. The fourth-order valence-corrected chi connectivity index (χ4v) is 4.09. The minimum absolute atomic E-state index is 0.0794. The summed E-state index contributed by atoms with van der Waals surface area (Å²) in [6.45, 7) is 3.30. The molecule has 0 amide bonds. The van der Waals surface area contributed by atoms with Gasteiger partial charge in [-0.3, -0.25) is 4.79 Å². The van der Waals surface area contributed by atoms with Gasteiger partial charge in [0.15, 0.2) is 11.5 Å². The molecule has 0 atom stereocenters. The second-order valence-corrected chi connectivity index (χ2v) is 8.72. The van der Waals surface area contributed by atoms with Crippen LogP contribution in [-0.4, -0.2) is 60.4 Å². The first-order valence-electron chi connectivity index (χ1n) is 9.28. The van der Waals surface area contributed by atoms with Crippen LogP contribution in [0.5, 0.6) is 0 Å². The Bertz CT molecular complexity index is 986. The molecule has 9 nitrogen and oxygen atoms in total. The summed E-state index contributed by atoms with van der Waals surface area (Å²) in [5, 5.41) is 0. The summed E-state index contributed by atoms with van der Waals surface area (Å²) in [7, 11) is -3.21. The van der Waals surface area contributed by atoms with Crippen molar-refractivity contribution in [1.82, 2.24) is 14.3 Å². The van der Waals surface area contributed by atoms with Crippen molar-refractivity contribution in [2.24, 2.45) is 5.84 Å². The maximum absolute atomic E-state index is 12.7. The lowest BCUT2D eigenvalue weighted by Gasteiger charge is -2.34. The van der Waals surface area contributed by atoms with Crippen LogP contribution < -0.4 is 16.2 Å². The van der Waals surface area contributed by atoms with E-state index in [9.17, 15) is 13.2 Å². The first-order chi connectivity index (χ1) is 13.9. The number of nitrogens with two attached hydrogens (primary N) is 1. The second kappa shape index (κ2) is 9.12. The first kappa shape index (κ1) is 20.9. The number of benzene rings is 1. The van der Waals surface area contributed by atoms with Crippen LogP contribution in [0.25, 0.3) is 6.08 Å². The Morgan fingerprint density at radius 3 is 2.52 bits per heavy atom. The number of sulfonamides is 1. The third-order valence-electron chi connectivity index (χ3n) is 4.68. The van der Waals surface area contributed by atoms with Crippen molar-refractivity contribution in [3.05, 3.63) is 53.9 Å². The van der Waals surface area contributed by atoms with E-state index in [1.54, 1.807) is 13.0 Å². The Morgan fingerprint density at radius 2 is 1.90 bits per heavy atom. The Kier molecular flexibility index (Phi) is 6.57. The highest BCUT2D eigenvalue weighted by molar-refractivity contribution is 7.89. The molecular weight excluding hydrogens is 392 g/mol. The standard InChI is InChI=1S/C19H24N6O3S/c1-2-29(27,28)25-12-10-24(11-13-25)17-14-21-19(23-20)18(22-17)16(26)9-8-15-6-4-3-5-7-15/h3-9,14H,2,10-13,20H2,1H3,(H,21,23)/b9-8+. The van der Waals surface area contributed by atoms with E-state index in [0.29, 0.717) is 32.0 Å². The van der Waals surface area contributed by atoms with Gasteiger partial charge in [-0.15, -0.1) is 0 Å². The average molecular weight is 417 g/mol. The highest BCUT2D eigenvalue weighted by atomic mass is 32.2. The van der Waals surface area contributed by atoms with Crippen LogP contribution in [-0.2, 0) is 10.0 Å². The molecule has 154 valence electrons. The summed E-state index contributed by atoms with van der Waals surface area (Å²) in [6.07, 6.45) is 4.65. The summed E-state index contributed by atoms with van der Waals surface area (Å²) >= 11 is 0. The van der Waals surface area contributed by atoms with Crippen LogP contribution in [0, 0.1) is 0 Å². The maximum atomic E-state index is 12.7. The number of hydrogen-bond donors (Lipinski definition) is 2. The van der Waals surface area contributed by atoms with Crippen molar-refractivity contribution in [3.8, 4) is 0 Å². The van der Waals surface area contributed by atoms with Gasteiger partial charge in [0.25, 0.3) is 0 Å². The van der Waals surface area contributed by atoms with Crippen molar-refractivity contribution in [3.63, 3.8) is 0 Å². The molecule has 0 spiro atoms. The number of aromatic nitrogens is 2. The van der Waals surface area contributed by atoms with Crippen LogP contribution in [0.15, 0.2) is 42.6 Å². The molecule has 1 aromatic carbocycles. The molecule has 2 aromatic rings. The van der Waals surface area contributed by atoms with Crippen LogP contribution in [0.4, 0.5) is 11.6 Å². The molecule has 29 heavy (non-hydrogen) atoms. The predicted molar refractivity (Wildman–Crippen MR) is 113 cm³/mol. The number of carbonyl (C=O) groups is 1. The molecule has 0 aliphatic carbocycles. The summed E-state index contributed by atoms with van der Waals surface area (Å²) in [5.41, 5.74) is 3.41. The summed E-state index contributed by atoms with van der Waals surface area (Å²) < 4.78 is 25.5. The molecule has 1 aliphatic rings. The van der Waals surface area contributed by atoms with Gasteiger partial charge in [0.05, 0.1) is 11.9 Å². The van der Waals surface area contributed by atoms with Crippen molar-refractivity contribution < 1.29 is 13.2 Å². The molecule has 3 N–H and O–H groups in total. The van der Waals surface area contributed by atoms with Gasteiger partial charge in [0.2, 0.25) is 15.8 Å². The lowest BCUT2D eigenvalue weighted by molar-refractivity contribution is 0.104. The van der Waals surface area contributed by atoms with Crippen molar-refractivity contribution in [1.29, 1.82) is 0 Å². The Morgan fingerprint density at radius 1 is 1.21 bits per heavy atom. The number of ketones is 1. The summed E-state index contributed by atoms with van der Waals surface area (Å²) in [5.74, 6) is 5.93. The lowest BCUT2D eigenvalue weighted by atomic mass is 10.1. The number of anilines is 2. The fraction of sp³-hybridized carbons (Fsp3) is 0.316. The molecule has 1 aliphatic heterocycles. The quantitative estimate of drug-likeness (QED) is 0.298. The van der Waals surface area contributed by atoms with Crippen LogP contribution in [0.1, 0.15) is 23.0 Å². The van der Waals surface area contributed by atoms with E-state index in [2.05, 4.69) is 15.4 Å². The zero-order chi connectivity index (χ0) is 20.9. The molecule has 1 aromatic heterocycles. The monoisotopic (exact) mass is 416 g/mol. The summed E-state index contributed by atoms with van der Waals surface area (Å²) in [4.78, 5) is 23.2. The van der Waals surface area contributed by atoms with Gasteiger partial charge < -0.3 is 10.3 Å². The number of nitrogens with zero attached hydrogens (tertiary/aromatic N) is 4. The molecule has 2 heterocycles. The first-order valence-corrected chi connectivity index (χ1v) is 10.9. The molecule has 0 radical (unpaired) electrons. The molecule has 0 unspecified atom stereocenters. The predicted octanol–water partition coefficient (Wildman–Crippen LogP) is 1.13. The highest BCUT2D eigenvalue weighted by Crippen LogP contribution is 2.19. The molecule has 0 bridgehead atoms. The lowest BCUT2D eigenvalue weighted by Crippen LogP contribution is -2.49. The fourth-order valence-electron chi connectivity index (χ4n) is 3.00. The maximum Gasteiger partial charge on any atom is 0.213 e. The van der Waals surface area contributed by atoms with Crippen LogP contribution in [0.2, 0.25) is 0 Å². The SMILES string of the molecule is CCS(=O)(=O)N1CCN(c2cnc(NN)c(C(=O)/C=C/c3ccccc3)n2)CC1. The highest BCUT2D eigenvalue weighted by Gasteiger charge is 2.26. The van der Waals surface area contributed by atoms with Crippen molar-refractivity contribution in [2.75, 3.05) is 42.3 Å². The smallest absolute Gasteiger partial charge is 0.213 e. The van der Waals surface area contributed by atoms with Gasteiger partial charge in [-0.05, 0) is 18.6 Å². The van der Waals surface area contributed by atoms with E-state index in [-0.39, 0.29) is 23.0 Å². The van der Waals surface area contributed by atoms with Gasteiger partial charge in [-0.1, -0.05) is 36.4 Å². The van der Waals surface area contributed by atoms with E-state index in [1.165, 1.54) is 16.6 Å².